The van der Waals surface area contributed by atoms with Crippen LogP contribution < -0.4 is 0 Å². The molecule has 15 heteroatoms. The second-order valence-corrected chi connectivity index (χ2v) is 9.83. The summed E-state index contributed by atoms with van der Waals surface area (Å²) in [5.41, 5.74) is 1.49. The second-order valence-electron chi connectivity index (χ2n) is 9.83. The van der Waals surface area contributed by atoms with E-state index in [0.29, 0.717) is 18.3 Å². The molecule has 0 aromatic carbocycles. The fraction of sp³-hybridized carbons (Fsp3) is 0.667. The smallest absolute Gasteiger partial charge is 0.475 e. The van der Waals surface area contributed by atoms with E-state index < -0.39 is 30.5 Å². The van der Waals surface area contributed by atoms with Gasteiger partial charge in [-0.15, -0.1) is 0 Å². The first-order valence-corrected chi connectivity index (χ1v) is 12.2. The van der Waals surface area contributed by atoms with E-state index in [4.69, 9.17) is 19.8 Å². The predicted octanol–water partition coefficient (Wildman–Crippen LogP) is 4.30. The van der Waals surface area contributed by atoms with Crippen molar-refractivity contribution in [1.29, 1.82) is 0 Å². The molecule has 39 heavy (non-hydrogen) atoms. The van der Waals surface area contributed by atoms with Gasteiger partial charge in [-0.1, -0.05) is 6.07 Å². The van der Waals surface area contributed by atoms with Gasteiger partial charge in [-0.05, 0) is 62.6 Å². The quantitative estimate of drug-likeness (QED) is 0.519. The van der Waals surface area contributed by atoms with E-state index in [0.717, 1.165) is 51.3 Å². The number of piperidine rings is 2. The van der Waals surface area contributed by atoms with Crippen LogP contribution in [0.3, 0.4) is 0 Å². The highest BCUT2D eigenvalue weighted by atomic mass is 19.4. The number of hydrogen-bond donors (Lipinski definition) is 2. The second kappa shape index (κ2) is 13.4. The molecule has 2 aliphatic heterocycles. The molecule has 8 nitrogen and oxygen atoms in total. The first kappa shape index (κ1) is 32.2. The van der Waals surface area contributed by atoms with Gasteiger partial charge in [-0.2, -0.15) is 26.3 Å². The molecule has 4 rings (SSSR count). The van der Waals surface area contributed by atoms with Crippen LogP contribution in [0.5, 0.6) is 0 Å². The number of alkyl halides is 7. The van der Waals surface area contributed by atoms with Gasteiger partial charge in [-0.25, -0.2) is 14.0 Å². The highest BCUT2D eigenvalue weighted by Crippen LogP contribution is 2.41. The molecule has 2 saturated heterocycles. The molecule has 3 heterocycles. The molecular formula is C24H30F7N3O5. The average molecular weight is 574 g/mol. The Morgan fingerprint density at radius 3 is 1.90 bits per heavy atom. The van der Waals surface area contributed by atoms with Crippen LogP contribution in [-0.2, 0) is 20.9 Å². The van der Waals surface area contributed by atoms with Crippen molar-refractivity contribution in [1.82, 2.24) is 14.8 Å². The summed E-state index contributed by atoms with van der Waals surface area (Å²) in [5.74, 6) is -5.36. The van der Waals surface area contributed by atoms with Crippen molar-refractivity contribution in [2.45, 2.75) is 63.6 Å². The Hall–Kier alpha value is -2.97. The predicted molar refractivity (Wildman–Crippen MR) is 122 cm³/mol. The highest BCUT2D eigenvalue weighted by Gasteiger charge is 2.43. The van der Waals surface area contributed by atoms with Crippen LogP contribution in [-0.4, -0.2) is 87.5 Å². The number of aromatic nitrogens is 1. The number of carboxylic acid groups (broad SMARTS) is 2. The third kappa shape index (κ3) is 10.3. The lowest BCUT2D eigenvalue weighted by Crippen LogP contribution is -2.52. The maximum atomic E-state index is 13.0. The van der Waals surface area contributed by atoms with Crippen molar-refractivity contribution in [2.75, 3.05) is 26.2 Å². The number of likely N-dealkylation sites (tertiary alicyclic amines) is 2. The van der Waals surface area contributed by atoms with Gasteiger partial charge in [0.05, 0.1) is 5.69 Å². The van der Waals surface area contributed by atoms with Crippen molar-refractivity contribution < 1.29 is 55.3 Å². The van der Waals surface area contributed by atoms with E-state index in [-0.39, 0.29) is 11.8 Å². The van der Waals surface area contributed by atoms with Gasteiger partial charge in [0.1, 0.15) is 6.17 Å². The minimum Gasteiger partial charge on any atom is -0.475 e. The molecule has 1 amide bonds. The Morgan fingerprint density at radius 2 is 1.46 bits per heavy atom. The summed E-state index contributed by atoms with van der Waals surface area (Å²) in [6, 6.07) is 6.11. The van der Waals surface area contributed by atoms with E-state index in [1.165, 1.54) is 12.8 Å². The van der Waals surface area contributed by atoms with Gasteiger partial charge in [-0.3, -0.25) is 14.7 Å². The molecule has 1 aliphatic carbocycles. The van der Waals surface area contributed by atoms with E-state index in [1.807, 2.05) is 17.2 Å². The zero-order valence-corrected chi connectivity index (χ0v) is 20.8. The van der Waals surface area contributed by atoms with E-state index >= 15 is 0 Å². The highest BCUT2D eigenvalue weighted by molar-refractivity contribution is 5.80. The Labute approximate surface area is 219 Å². The molecular weight excluding hydrogens is 543 g/mol. The Balaban J connectivity index is 0.000000317. The van der Waals surface area contributed by atoms with Gasteiger partial charge < -0.3 is 15.1 Å². The summed E-state index contributed by atoms with van der Waals surface area (Å²) >= 11 is 0. The summed E-state index contributed by atoms with van der Waals surface area (Å²) in [6.45, 7) is 4.88. The number of nitrogens with zero attached hydrogens (tertiary/aromatic N) is 3. The van der Waals surface area contributed by atoms with Crippen LogP contribution in [0.2, 0.25) is 0 Å². The van der Waals surface area contributed by atoms with Crippen LogP contribution in [0.1, 0.15) is 44.2 Å². The Kier molecular flexibility index (Phi) is 11.1. The molecule has 1 saturated carbocycles. The van der Waals surface area contributed by atoms with Gasteiger partial charge in [0.15, 0.2) is 0 Å². The van der Waals surface area contributed by atoms with Crippen LogP contribution in [0.25, 0.3) is 0 Å². The summed E-state index contributed by atoms with van der Waals surface area (Å²) in [7, 11) is 0. The first-order valence-electron chi connectivity index (χ1n) is 12.2. The van der Waals surface area contributed by atoms with E-state index in [9.17, 15) is 35.5 Å². The summed E-state index contributed by atoms with van der Waals surface area (Å²) in [5, 5.41) is 14.2. The van der Waals surface area contributed by atoms with Crippen molar-refractivity contribution in [3.8, 4) is 0 Å². The molecule has 0 unspecified atom stereocenters. The molecule has 3 aliphatic rings. The van der Waals surface area contributed by atoms with Gasteiger partial charge in [0.25, 0.3) is 0 Å². The minimum absolute atomic E-state index is 0.0453. The van der Waals surface area contributed by atoms with Crippen molar-refractivity contribution in [3.05, 3.63) is 30.1 Å². The van der Waals surface area contributed by atoms with E-state index in [2.05, 4.69) is 22.0 Å². The zero-order chi connectivity index (χ0) is 29.4. The fourth-order valence-corrected chi connectivity index (χ4v) is 4.78. The summed E-state index contributed by atoms with van der Waals surface area (Å²) < 4.78 is 76.5. The minimum atomic E-state index is -5.08. The number of carbonyl (C=O) groups is 3. The number of aliphatic carboxylic acids is 2. The number of amides is 1. The molecule has 2 N–H and O–H groups in total. The lowest BCUT2D eigenvalue weighted by atomic mass is 9.72. The average Bonchev–Trinajstić information content (AvgIpc) is 2.82. The van der Waals surface area contributed by atoms with Gasteiger partial charge in [0.2, 0.25) is 5.91 Å². The zero-order valence-electron chi connectivity index (χ0n) is 20.8. The Bertz CT molecular complexity index is 937. The fourth-order valence-electron chi connectivity index (χ4n) is 4.78. The van der Waals surface area contributed by atoms with Crippen LogP contribution >= 0.6 is 0 Å². The number of halogens is 7. The normalized spacial score (nSPS) is 22.9. The molecule has 3 fully saturated rings. The first-order chi connectivity index (χ1) is 18.0. The van der Waals surface area contributed by atoms with Crippen molar-refractivity contribution in [3.63, 3.8) is 0 Å². The van der Waals surface area contributed by atoms with E-state index in [1.54, 1.807) is 0 Å². The third-order valence-corrected chi connectivity index (χ3v) is 6.90. The summed E-state index contributed by atoms with van der Waals surface area (Å²) in [4.78, 5) is 39.2. The topological polar surface area (TPSA) is 111 Å². The molecule has 0 radical (unpaired) electrons. The SMILES string of the molecule is O=C(C1CC(F)C1)N1CCC2(CCCN(Cc3ccccn3)C2)CC1.O=C(O)C(F)(F)F.O=C(O)C(F)(F)F. The standard InChI is InChI=1S/C20H28FN3O.2C2HF3O2/c21-17-12-16(13-17)19(25)24-10-6-20(7-11-24)5-3-9-23(15-20)14-18-4-1-2-8-22-18;2*3-2(4,5)1(6)7/h1-2,4,8,16-17H,3,5-7,9-15H2;2*(H,6,7). The third-order valence-electron chi connectivity index (χ3n) is 6.90. The lowest BCUT2D eigenvalue weighted by molar-refractivity contribution is -0.193. The lowest BCUT2D eigenvalue weighted by Gasteiger charge is -2.48. The Morgan fingerprint density at radius 1 is 0.923 bits per heavy atom. The van der Waals surface area contributed by atoms with Crippen molar-refractivity contribution >= 4 is 17.8 Å². The molecule has 0 bridgehead atoms. The van der Waals surface area contributed by atoms with Gasteiger partial charge >= 0.3 is 24.3 Å². The maximum absolute atomic E-state index is 13.0. The molecule has 1 aromatic rings. The van der Waals surface area contributed by atoms with Crippen LogP contribution in [0.4, 0.5) is 30.7 Å². The number of pyridine rings is 1. The van der Waals surface area contributed by atoms with Gasteiger partial charge in [0, 0.05) is 38.3 Å². The number of rotatable bonds is 3. The van der Waals surface area contributed by atoms with Crippen LogP contribution in [0, 0.1) is 11.3 Å². The largest absolute Gasteiger partial charge is 0.490 e. The summed E-state index contributed by atoms with van der Waals surface area (Å²) in [6.07, 6.45) is -3.50. The van der Waals surface area contributed by atoms with Crippen LogP contribution in [0.15, 0.2) is 24.4 Å². The maximum Gasteiger partial charge on any atom is 0.490 e. The number of hydrogen-bond acceptors (Lipinski definition) is 5. The number of carbonyl (C=O) groups excluding carboxylic acids is 1. The molecule has 220 valence electrons. The number of carboxylic acids is 2. The van der Waals surface area contributed by atoms with Crippen molar-refractivity contribution in [2.24, 2.45) is 11.3 Å². The monoisotopic (exact) mass is 573 g/mol. The molecule has 0 atom stereocenters. The molecule has 1 spiro atoms. The molecule has 1 aromatic heterocycles.